The summed E-state index contributed by atoms with van der Waals surface area (Å²) in [5.41, 5.74) is 6.39. The van der Waals surface area contributed by atoms with Crippen LogP contribution >= 0.6 is 11.3 Å². The number of H-pyrrole nitrogens is 1. The summed E-state index contributed by atoms with van der Waals surface area (Å²) in [7, 11) is 0. The van der Waals surface area contributed by atoms with Gasteiger partial charge in [0, 0.05) is 18.0 Å². The Morgan fingerprint density at radius 3 is 3.08 bits per heavy atom. The summed E-state index contributed by atoms with van der Waals surface area (Å²) in [4.78, 5) is 11.5. The van der Waals surface area contributed by atoms with Crippen LogP contribution in [0.5, 0.6) is 0 Å². The third kappa shape index (κ3) is 1.76. The number of nitrogens with one attached hydrogen (secondary N) is 1. The fourth-order valence-electron chi connectivity index (χ4n) is 1.09. The molecular formula is C8H10N4S. The number of aromatic amines is 1. The van der Waals surface area contributed by atoms with Crippen molar-refractivity contribution in [3.63, 3.8) is 0 Å². The number of hydrogen-bond acceptors (Lipinski definition) is 4. The van der Waals surface area contributed by atoms with Gasteiger partial charge in [0.2, 0.25) is 0 Å². The van der Waals surface area contributed by atoms with Crippen LogP contribution in [0, 0.1) is 0 Å². The van der Waals surface area contributed by atoms with Gasteiger partial charge in [-0.15, -0.1) is 11.3 Å². The van der Waals surface area contributed by atoms with Gasteiger partial charge in [-0.2, -0.15) is 0 Å². The zero-order valence-electron chi connectivity index (χ0n) is 7.03. The van der Waals surface area contributed by atoms with Gasteiger partial charge >= 0.3 is 0 Å². The second-order valence-electron chi connectivity index (χ2n) is 2.62. The van der Waals surface area contributed by atoms with Crippen LogP contribution in [-0.2, 0) is 6.42 Å². The fraction of sp³-hybridized carbons (Fsp3) is 0.250. The highest BCUT2D eigenvalue weighted by molar-refractivity contribution is 7.13. The van der Waals surface area contributed by atoms with Gasteiger partial charge in [0.1, 0.15) is 10.8 Å². The van der Waals surface area contributed by atoms with Crippen LogP contribution in [0.1, 0.15) is 5.82 Å². The second kappa shape index (κ2) is 3.68. The van der Waals surface area contributed by atoms with E-state index in [-0.39, 0.29) is 0 Å². The molecule has 2 rings (SSSR count). The highest BCUT2D eigenvalue weighted by Crippen LogP contribution is 2.18. The quantitative estimate of drug-likeness (QED) is 0.767. The maximum atomic E-state index is 5.42. The first kappa shape index (κ1) is 8.40. The largest absolute Gasteiger partial charge is 0.340 e. The summed E-state index contributed by atoms with van der Waals surface area (Å²) >= 11 is 1.59. The topological polar surface area (TPSA) is 67.6 Å². The van der Waals surface area contributed by atoms with Gasteiger partial charge in [0.15, 0.2) is 0 Å². The molecule has 0 unspecified atom stereocenters. The Morgan fingerprint density at radius 2 is 2.38 bits per heavy atom. The Hall–Kier alpha value is -1.20. The Bertz CT molecular complexity index is 365. The standard InChI is InChI=1S/C8H10N4S/c9-2-1-7-11-5-6(12-7)8-10-3-4-13-8/h3-5H,1-2,9H2,(H,11,12). The molecule has 68 valence electrons. The number of rotatable bonds is 3. The summed E-state index contributed by atoms with van der Waals surface area (Å²) in [6.07, 6.45) is 4.36. The second-order valence-corrected chi connectivity index (χ2v) is 3.51. The van der Waals surface area contributed by atoms with Gasteiger partial charge in [0.05, 0.1) is 11.9 Å². The van der Waals surface area contributed by atoms with Crippen molar-refractivity contribution in [3.8, 4) is 10.7 Å². The van der Waals surface area contributed by atoms with E-state index in [1.165, 1.54) is 0 Å². The van der Waals surface area contributed by atoms with E-state index in [4.69, 9.17) is 5.73 Å². The van der Waals surface area contributed by atoms with E-state index in [1.54, 1.807) is 23.7 Å². The molecule has 0 amide bonds. The smallest absolute Gasteiger partial charge is 0.141 e. The molecule has 0 fully saturated rings. The normalized spacial score (nSPS) is 10.5. The minimum Gasteiger partial charge on any atom is -0.340 e. The van der Waals surface area contributed by atoms with Crippen LogP contribution in [0.15, 0.2) is 17.8 Å². The van der Waals surface area contributed by atoms with E-state index in [0.717, 1.165) is 22.9 Å². The van der Waals surface area contributed by atoms with Crippen molar-refractivity contribution >= 4 is 11.3 Å². The Balaban J connectivity index is 2.23. The Kier molecular flexibility index (Phi) is 2.37. The zero-order valence-corrected chi connectivity index (χ0v) is 7.84. The third-order valence-electron chi connectivity index (χ3n) is 1.67. The number of imidazole rings is 1. The van der Waals surface area contributed by atoms with Crippen LogP contribution in [0.4, 0.5) is 0 Å². The van der Waals surface area contributed by atoms with Crippen molar-refractivity contribution in [2.75, 3.05) is 6.54 Å². The van der Waals surface area contributed by atoms with E-state index in [9.17, 15) is 0 Å². The van der Waals surface area contributed by atoms with Crippen molar-refractivity contribution in [2.45, 2.75) is 6.42 Å². The van der Waals surface area contributed by atoms with Gasteiger partial charge in [-0.1, -0.05) is 0 Å². The Morgan fingerprint density at radius 1 is 1.46 bits per heavy atom. The monoisotopic (exact) mass is 194 g/mol. The van der Waals surface area contributed by atoms with Crippen molar-refractivity contribution in [1.29, 1.82) is 0 Å². The van der Waals surface area contributed by atoms with Crippen molar-refractivity contribution in [3.05, 3.63) is 23.6 Å². The van der Waals surface area contributed by atoms with E-state index >= 15 is 0 Å². The number of nitrogens with zero attached hydrogens (tertiary/aromatic N) is 2. The number of hydrogen-bond donors (Lipinski definition) is 2. The molecule has 0 aliphatic carbocycles. The number of thiazole rings is 1. The lowest BCUT2D eigenvalue weighted by Gasteiger charge is -1.90. The Labute approximate surface area is 79.8 Å². The summed E-state index contributed by atoms with van der Waals surface area (Å²) < 4.78 is 0. The van der Waals surface area contributed by atoms with Crippen LogP contribution < -0.4 is 5.73 Å². The molecule has 0 saturated heterocycles. The van der Waals surface area contributed by atoms with Gasteiger partial charge in [-0.05, 0) is 6.54 Å². The fourth-order valence-corrected chi connectivity index (χ4v) is 1.69. The van der Waals surface area contributed by atoms with Crippen LogP contribution in [-0.4, -0.2) is 21.5 Å². The van der Waals surface area contributed by atoms with E-state index in [2.05, 4.69) is 15.0 Å². The molecule has 2 heterocycles. The van der Waals surface area contributed by atoms with Crippen molar-refractivity contribution in [2.24, 2.45) is 5.73 Å². The van der Waals surface area contributed by atoms with Crippen LogP contribution in [0.25, 0.3) is 10.7 Å². The van der Waals surface area contributed by atoms with E-state index < -0.39 is 0 Å². The molecule has 0 saturated carbocycles. The third-order valence-corrected chi connectivity index (χ3v) is 2.48. The van der Waals surface area contributed by atoms with E-state index in [0.29, 0.717) is 6.54 Å². The first-order valence-corrected chi connectivity index (χ1v) is 4.92. The van der Waals surface area contributed by atoms with Gasteiger partial charge in [-0.3, -0.25) is 0 Å². The van der Waals surface area contributed by atoms with Crippen LogP contribution in [0.3, 0.4) is 0 Å². The zero-order chi connectivity index (χ0) is 9.10. The maximum Gasteiger partial charge on any atom is 0.141 e. The molecule has 0 aliphatic rings. The number of nitrogens with two attached hydrogens (primary N) is 1. The predicted molar refractivity (Wildman–Crippen MR) is 52.5 cm³/mol. The summed E-state index contributed by atoms with van der Waals surface area (Å²) in [6.45, 7) is 0.616. The van der Waals surface area contributed by atoms with Gasteiger partial charge < -0.3 is 10.7 Å². The molecule has 4 nitrogen and oxygen atoms in total. The minimum atomic E-state index is 0.616. The molecule has 0 spiro atoms. The molecule has 2 aromatic heterocycles. The van der Waals surface area contributed by atoms with Crippen LogP contribution in [0.2, 0.25) is 0 Å². The molecule has 0 aromatic carbocycles. The molecular weight excluding hydrogens is 184 g/mol. The SMILES string of the molecule is NCCc1ncc(-c2nccs2)[nH]1. The molecule has 13 heavy (non-hydrogen) atoms. The molecule has 5 heteroatoms. The molecule has 0 aliphatic heterocycles. The lowest BCUT2D eigenvalue weighted by molar-refractivity contribution is 0.895. The van der Waals surface area contributed by atoms with Crippen molar-refractivity contribution in [1.82, 2.24) is 15.0 Å². The number of aromatic nitrogens is 3. The first-order valence-electron chi connectivity index (χ1n) is 4.04. The summed E-state index contributed by atoms with van der Waals surface area (Å²) in [6, 6.07) is 0. The van der Waals surface area contributed by atoms with Gasteiger partial charge in [-0.25, -0.2) is 9.97 Å². The van der Waals surface area contributed by atoms with E-state index in [1.807, 2.05) is 5.38 Å². The van der Waals surface area contributed by atoms with Crippen molar-refractivity contribution < 1.29 is 0 Å². The lowest BCUT2D eigenvalue weighted by atomic mass is 10.4. The highest BCUT2D eigenvalue weighted by Gasteiger charge is 2.03. The molecule has 0 bridgehead atoms. The minimum absolute atomic E-state index is 0.616. The molecule has 2 aromatic rings. The summed E-state index contributed by atoms with van der Waals surface area (Å²) in [5.74, 6) is 0.924. The highest BCUT2D eigenvalue weighted by atomic mass is 32.1. The predicted octanol–water partition coefficient (Wildman–Crippen LogP) is 1.03. The lowest BCUT2D eigenvalue weighted by Crippen LogP contribution is -2.03. The van der Waals surface area contributed by atoms with Gasteiger partial charge in [0.25, 0.3) is 0 Å². The summed E-state index contributed by atoms with van der Waals surface area (Å²) in [5, 5.41) is 2.91. The average molecular weight is 194 g/mol. The molecule has 0 radical (unpaired) electrons. The first-order chi connectivity index (χ1) is 6.40. The molecule has 0 atom stereocenters. The molecule has 3 N–H and O–H groups in total. The average Bonchev–Trinajstić information content (AvgIpc) is 2.70. The maximum absolute atomic E-state index is 5.42.